The van der Waals surface area contributed by atoms with Crippen LogP contribution in [0.5, 0.6) is 0 Å². The van der Waals surface area contributed by atoms with Gasteiger partial charge in [-0.3, -0.25) is 0 Å². The molecule has 0 spiro atoms. The molecule has 0 saturated heterocycles. The van der Waals surface area contributed by atoms with Crippen LogP contribution in [0.2, 0.25) is 0 Å². The average Bonchev–Trinajstić information content (AvgIpc) is 2.34. The molecule has 4 nitrogen and oxygen atoms in total. The summed E-state index contributed by atoms with van der Waals surface area (Å²) in [5, 5.41) is 2.82. The first-order valence-electron chi connectivity index (χ1n) is 5.61. The van der Waals surface area contributed by atoms with E-state index in [4.69, 9.17) is 0 Å². The van der Waals surface area contributed by atoms with Crippen molar-refractivity contribution in [2.75, 3.05) is 13.6 Å². The molecule has 0 aliphatic heterocycles. The molecule has 1 aromatic carbocycles. The van der Waals surface area contributed by atoms with E-state index in [1.807, 2.05) is 0 Å². The molecule has 10 heteroatoms. The molecule has 1 aromatic rings. The van der Waals surface area contributed by atoms with E-state index in [2.05, 4.69) is 26.0 Å². The highest BCUT2D eigenvalue weighted by Crippen LogP contribution is 2.33. The van der Waals surface area contributed by atoms with Gasteiger partial charge in [-0.2, -0.15) is 13.2 Å². The third-order valence-corrected chi connectivity index (χ3v) is 5.04. The first kappa shape index (κ1) is 20.6. The zero-order valence-electron chi connectivity index (χ0n) is 11.2. The van der Waals surface area contributed by atoms with E-state index in [1.165, 1.54) is 0 Å². The molecule has 1 unspecified atom stereocenters. The minimum atomic E-state index is -4.59. The molecule has 0 radical (unpaired) electrons. The van der Waals surface area contributed by atoms with E-state index in [9.17, 15) is 21.6 Å². The smallest absolute Gasteiger partial charge is 0.316 e. The Kier molecular flexibility index (Phi) is 7.64. The maximum atomic E-state index is 12.6. The third-order valence-electron chi connectivity index (χ3n) is 2.62. The lowest BCUT2D eigenvalue weighted by Crippen LogP contribution is -2.37. The molecular weight excluding hydrogens is 397 g/mol. The van der Waals surface area contributed by atoms with Crippen LogP contribution in [0.4, 0.5) is 13.2 Å². The second kappa shape index (κ2) is 7.77. The Morgan fingerprint density at radius 2 is 1.90 bits per heavy atom. The van der Waals surface area contributed by atoms with Crippen LogP contribution in [-0.4, -0.2) is 28.1 Å². The van der Waals surface area contributed by atoms with Gasteiger partial charge in [-0.1, -0.05) is 0 Å². The molecule has 1 rings (SSSR count). The zero-order chi connectivity index (χ0) is 15.6. The van der Waals surface area contributed by atoms with E-state index in [0.29, 0.717) is 6.07 Å². The fraction of sp³-hybridized carbons (Fsp3) is 0.455. The number of benzene rings is 1. The Hall–Kier alpha value is -0.350. The van der Waals surface area contributed by atoms with Crippen molar-refractivity contribution in [3.63, 3.8) is 0 Å². The minimum Gasteiger partial charge on any atom is -0.316 e. The maximum Gasteiger partial charge on any atom is 0.416 e. The van der Waals surface area contributed by atoms with E-state index in [-0.39, 0.29) is 29.5 Å². The molecule has 1 atom stereocenters. The molecule has 0 bridgehead atoms. The van der Waals surface area contributed by atoms with Crippen LogP contribution in [-0.2, 0) is 16.2 Å². The fourth-order valence-corrected chi connectivity index (χ4v) is 3.42. The van der Waals surface area contributed by atoms with Crippen LogP contribution in [0.3, 0.4) is 0 Å². The van der Waals surface area contributed by atoms with Crippen LogP contribution in [0.15, 0.2) is 27.6 Å². The van der Waals surface area contributed by atoms with Crippen molar-refractivity contribution in [3.8, 4) is 0 Å². The summed E-state index contributed by atoms with van der Waals surface area (Å²) in [5.41, 5.74) is -1.01. The van der Waals surface area contributed by atoms with E-state index >= 15 is 0 Å². The van der Waals surface area contributed by atoms with Gasteiger partial charge in [0.15, 0.2) is 0 Å². The van der Waals surface area contributed by atoms with E-state index in [0.717, 1.165) is 12.1 Å². The summed E-state index contributed by atoms with van der Waals surface area (Å²) in [7, 11) is -2.36. The van der Waals surface area contributed by atoms with Crippen molar-refractivity contribution in [2.45, 2.75) is 24.0 Å². The van der Waals surface area contributed by atoms with Gasteiger partial charge in [0.25, 0.3) is 0 Å². The number of hydrogen-bond donors (Lipinski definition) is 2. The molecule has 0 aromatic heterocycles. The lowest BCUT2D eigenvalue weighted by atomic mass is 10.2. The van der Waals surface area contributed by atoms with Gasteiger partial charge in [-0.15, -0.1) is 12.4 Å². The van der Waals surface area contributed by atoms with Crippen molar-refractivity contribution >= 4 is 38.4 Å². The lowest BCUT2D eigenvalue weighted by Gasteiger charge is -2.14. The van der Waals surface area contributed by atoms with Crippen molar-refractivity contribution in [3.05, 3.63) is 28.2 Å². The Bertz CT molecular complexity index is 581. The Morgan fingerprint density at radius 3 is 2.38 bits per heavy atom. The standard InChI is InChI=1S/C11H14BrF3N2O2S.ClH/c1-7(16-2)6-17-20(18,19)10-5-8(11(13,14)15)3-4-9(10)12;/h3-5,7,16-17H,6H2,1-2H3;1H. The summed E-state index contributed by atoms with van der Waals surface area (Å²) in [6.45, 7) is 1.81. The van der Waals surface area contributed by atoms with Crippen LogP contribution in [0, 0.1) is 0 Å². The molecular formula is C11H15BrClF3N2O2S. The highest BCUT2D eigenvalue weighted by Gasteiger charge is 2.32. The van der Waals surface area contributed by atoms with Gasteiger partial charge < -0.3 is 5.32 Å². The van der Waals surface area contributed by atoms with Crippen LogP contribution in [0.25, 0.3) is 0 Å². The number of alkyl halides is 3. The summed E-state index contributed by atoms with van der Waals surface area (Å²) in [4.78, 5) is -0.435. The maximum absolute atomic E-state index is 12.6. The number of rotatable bonds is 5. The SMILES string of the molecule is CNC(C)CNS(=O)(=O)c1cc(C(F)(F)F)ccc1Br.Cl. The Labute approximate surface area is 136 Å². The summed E-state index contributed by atoms with van der Waals surface area (Å²) >= 11 is 2.95. The molecule has 122 valence electrons. The zero-order valence-corrected chi connectivity index (χ0v) is 14.4. The molecule has 2 N–H and O–H groups in total. The summed E-state index contributed by atoms with van der Waals surface area (Å²) in [6.07, 6.45) is -4.59. The molecule has 0 heterocycles. The molecule has 0 saturated carbocycles. The van der Waals surface area contributed by atoms with E-state index in [1.54, 1.807) is 14.0 Å². The molecule has 21 heavy (non-hydrogen) atoms. The van der Waals surface area contributed by atoms with Crippen molar-refractivity contribution in [2.24, 2.45) is 0 Å². The topological polar surface area (TPSA) is 58.2 Å². The minimum absolute atomic E-state index is 0. The van der Waals surface area contributed by atoms with Gasteiger partial charge in [0, 0.05) is 17.1 Å². The van der Waals surface area contributed by atoms with Crippen LogP contribution >= 0.6 is 28.3 Å². The van der Waals surface area contributed by atoms with Gasteiger partial charge in [-0.05, 0) is 48.1 Å². The molecule has 0 aliphatic carbocycles. The van der Waals surface area contributed by atoms with Crippen LogP contribution < -0.4 is 10.0 Å². The summed E-state index contributed by atoms with van der Waals surface area (Å²) in [6, 6.07) is 2.35. The van der Waals surface area contributed by atoms with Gasteiger partial charge in [0.05, 0.1) is 10.5 Å². The number of halogens is 5. The van der Waals surface area contributed by atoms with Gasteiger partial charge in [0.2, 0.25) is 10.0 Å². The second-order valence-corrected chi connectivity index (χ2v) is 6.77. The van der Waals surface area contributed by atoms with Crippen molar-refractivity contribution in [1.82, 2.24) is 10.0 Å². The number of sulfonamides is 1. The quantitative estimate of drug-likeness (QED) is 0.783. The van der Waals surface area contributed by atoms with Gasteiger partial charge >= 0.3 is 6.18 Å². The molecule has 0 fully saturated rings. The largest absolute Gasteiger partial charge is 0.416 e. The highest BCUT2D eigenvalue weighted by molar-refractivity contribution is 9.10. The normalized spacial score (nSPS) is 13.6. The van der Waals surface area contributed by atoms with Gasteiger partial charge in [-0.25, -0.2) is 13.1 Å². The third kappa shape index (κ3) is 5.74. The van der Waals surface area contributed by atoms with Crippen LogP contribution in [0.1, 0.15) is 12.5 Å². The molecule has 0 aliphatic rings. The van der Waals surface area contributed by atoms with Crippen molar-refractivity contribution in [1.29, 1.82) is 0 Å². The van der Waals surface area contributed by atoms with Gasteiger partial charge in [0.1, 0.15) is 0 Å². The highest BCUT2D eigenvalue weighted by atomic mass is 79.9. The fourth-order valence-electron chi connectivity index (χ4n) is 1.30. The first-order valence-corrected chi connectivity index (χ1v) is 7.89. The average molecular weight is 412 g/mol. The second-order valence-electron chi connectivity index (χ2n) is 4.18. The predicted octanol–water partition coefficient (Wildman–Crippen LogP) is 2.78. The monoisotopic (exact) mass is 410 g/mol. The number of nitrogens with one attached hydrogen (secondary N) is 2. The van der Waals surface area contributed by atoms with E-state index < -0.39 is 26.7 Å². The number of hydrogen-bond acceptors (Lipinski definition) is 3. The first-order chi connectivity index (χ1) is 9.08. The summed E-state index contributed by atoms with van der Waals surface area (Å²) in [5.74, 6) is 0. The Morgan fingerprint density at radius 1 is 1.33 bits per heavy atom. The number of likely N-dealkylation sites (N-methyl/N-ethyl adjacent to an activating group) is 1. The predicted molar refractivity (Wildman–Crippen MR) is 80.1 cm³/mol. The summed E-state index contributed by atoms with van der Waals surface area (Å²) < 4.78 is 64.2. The molecule has 0 amide bonds. The lowest BCUT2D eigenvalue weighted by molar-refractivity contribution is -0.137. The van der Waals surface area contributed by atoms with Crippen molar-refractivity contribution < 1.29 is 21.6 Å². The Balaban J connectivity index is 0.00000400.